The summed E-state index contributed by atoms with van der Waals surface area (Å²) in [6.45, 7) is 0. The first-order valence-corrected chi connectivity index (χ1v) is 7.12. The minimum atomic E-state index is -2.10. The quantitative estimate of drug-likeness (QED) is 0.428. The van der Waals surface area contributed by atoms with E-state index in [2.05, 4.69) is 45.2 Å². The van der Waals surface area contributed by atoms with E-state index in [0.29, 0.717) is 6.83 Å². The van der Waals surface area contributed by atoms with Gasteiger partial charge in [-0.1, -0.05) is 57.3 Å². The van der Waals surface area contributed by atoms with E-state index in [4.69, 9.17) is 0 Å². The summed E-state index contributed by atoms with van der Waals surface area (Å²) >= 11 is 2.56. The summed E-state index contributed by atoms with van der Waals surface area (Å²) in [6, 6.07) is 6.98. The summed E-state index contributed by atoms with van der Waals surface area (Å²) in [5, 5.41) is 0. The van der Waals surface area contributed by atoms with Crippen LogP contribution in [0.1, 0.15) is 5.56 Å². The van der Waals surface area contributed by atoms with Crippen LogP contribution in [0.25, 0.3) is 0 Å². The standard InChI is InChI=1S/C8H8I2O2S/c9-8(10)5-6-1-3-7(4-2-6)13(11)12/h1-4,8H,5H2,(H,11,12)/p-1. The Hall–Kier alpha value is 0.790. The lowest BCUT2D eigenvalue weighted by Crippen LogP contribution is -1.94. The molecule has 0 aliphatic carbocycles. The van der Waals surface area contributed by atoms with E-state index >= 15 is 0 Å². The maximum atomic E-state index is 10.5. The third-order valence-corrected chi connectivity index (χ3v) is 3.04. The lowest BCUT2D eigenvalue weighted by atomic mass is 10.2. The molecule has 0 aromatic heterocycles. The van der Waals surface area contributed by atoms with Gasteiger partial charge >= 0.3 is 0 Å². The van der Waals surface area contributed by atoms with Gasteiger partial charge in [0.05, 0.1) is 1.93 Å². The Balaban J connectivity index is 2.75. The second-order valence-corrected chi connectivity index (χ2v) is 8.81. The van der Waals surface area contributed by atoms with Crippen LogP contribution >= 0.6 is 45.2 Å². The molecule has 0 saturated heterocycles. The van der Waals surface area contributed by atoms with Crippen LogP contribution in [0.2, 0.25) is 0 Å². The van der Waals surface area contributed by atoms with Gasteiger partial charge in [0.1, 0.15) is 0 Å². The molecule has 2 nitrogen and oxygen atoms in total. The Labute approximate surface area is 107 Å². The summed E-state index contributed by atoms with van der Waals surface area (Å²) in [5.74, 6) is 0. The highest BCUT2D eigenvalue weighted by molar-refractivity contribution is 14.2. The monoisotopic (exact) mass is 421 g/mol. The first kappa shape index (κ1) is 11.9. The predicted octanol–water partition coefficient (Wildman–Crippen LogP) is 2.66. The topological polar surface area (TPSA) is 40.1 Å². The highest BCUT2D eigenvalue weighted by atomic mass is 127. The van der Waals surface area contributed by atoms with Crippen molar-refractivity contribution in [2.24, 2.45) is 0 Å². The molecule has 0 heterocycles. The Morgan fingerprint density at radius 1 is 1.31 bits per heavy atom. The minimum Gasteiger partial charge on any atom is -0.768 e. The molecule has 5 heteroatoms. The third-order valence-electron chi connectivity index (χ3n) is 1.51. The van der Waals surface area contributed by atoms with Gasteiger partial charge in [0.15, 0.2) is 0 Å². The maximum Gasteiger partial charge on any atom is 0.0666 e. The fraction of sp³-hybridized carbons (Fsp3) is 0.250. The first-order chi connectivity index (χ1) is 6.09. The summed E-state index contributed by atoms with van der Waals surface area (Å²) in [4.78, 5) is 0.349. The molecule has 1 atom stereocenters. The molecule has 0 aliphatic rings. The van der Waals surface area contributed by atoms with Crippen molar-refractivity contribution in [1.29, 1.82) is 0 Å². The molecule has 0 saturated carbocycles. The van der Waals surface area contributed by atoms with E-state index in [0.717, 1.165) is 6.42 Å². The van der Waals surface area contributed by atoms with E-state index in [-0.39, 0.29) is 0 Å². The zero-order chi connectivity index (χ0) is 9.84. The van der Waals surface area contributed by atoms with Gasteiger partial charge < -0.3 is 4.55 Å². The van der Waals surface area contributed by atoms with Crippen molar-refractivity contribution in [3.05, 3.63) is 29.8 Å². The number of alkyl halides is 2. The molecular weight excluding hydrogens is 414 g/mol. The van der Waals surface area contributed by atoms with Gasteiger partial charge in [-0.05, 0) is 35.2 Å². The number of benzene rings is 1. The van der Waals surface area contributed by atoms with Gasteiger partial charge in [0.2, 0.25) is 0 Å². The van der Waals surface area contributed by atoms with Crippen molar-refractivity contribution in [3.8, 4) is 0 Å². The van der Waals surface area contributed by atoms with E-state index in [9.17, 15) is 8.76 Å². The molecule has 1 unspecified atom stereocenters. The van der Waals surface area contributed by atoms with Gasteiger partial charge in [-0.15, -0.1) is 0 Å². The molecule has 0 amide bonds. The number of hydrogen-bond acceptors (Lipinski definition) is 2. The van der Waals surface area contributed by atoms with Crippen molar-refractivity contribution in [2.45, 2.75) is 13.2 Å². The average Bonchev–Trinajstić information content (AvgIpc) is 2.04. The van der Waals surface area contributed by atoms with Crippen LogP contribution in [0.4, 0.5) is 0 Å². The molecule has 0 fully saturated rings. The van der Waals surface area contributed by atoms with Gasteiger partial charge in [0.25, 0.3) is 0 Å². The highest BCUT2D eigenvalue weighted by Crippen LogP contribution is 2.17. The number of rotatable bonds is 3. The largest absolute Gasteiger partial charge is 0.768 e. The van der Waals surface area contributed by atoms with Crippen molar-refractivity contribution in [3.63, 3.8) is 0 Å². The van der Waals surface area contributed by atoms with Gasteiger partial charge in [-0.2, -0.15) is 0 Å². The zero-order valence-electron chi connectivity index (χ0n) is 6.57. The molecule has 0 bridgehead atoms. The smallest absolute Gasteiger partial charge is 0.0666 e. The average molecular weight is 421 g/mol. The maximum absolute atomic E-state index is 10.5. The molecule has 13 heavy (non-hydrogen) atoms. The van der Waals surface area contributed by atoms with Crippen molar-refractivity contribution in [1.82, 2.24) is 0 Å². The molecular formula is C8H7I2O2S-. The summed E-state index contributed by atoms with van der Waals surface area (Å²) < 4.78 is 21.6. The van der Waals surface area contributed by atoms with Crippen molar-refractivity contribution < 1.29 is 8.76 Å². The molecule has 1 rings (SSSR count). The molecule has 0 aliphatic heterocycles. The Morgan fingerprint density at radius 2 is 1.85 bits per heavy atom. The molecule has 0 spiro atoms. The van der Waals surface area contributed by atoms with Crippen LogP contribution in [0.15, 0.2) is 29.2 Å². The van der Waals surface area contributed by atoms with E-state index in [1.807, 2.05) is 12.1 Å². The van der Waals surface area contributed by atoms with Crippen LogP contribution in [0.5, 0.6) is 0 Å². The fourth-order valence-electron chi connectivity index (χ4n) is 0.915. The van der Waals surface area contributed by atoms with Gasteiger partial charge in [0, 0.05) is 4.90 Å². The zero-order valence-corrected chi connectivity index (χ0v) is 11.7. The lowest BCUT2D eigenvalue weighted by molar-refractivity contribution is 0.537. The minimum absolute atomic E-state index is 0.349. The van der Waals surface area contributed by atoms with Crippen LogP contribution in [0.3, 0.4) is 0 Å². The van der Waals surface area contributed by atoms with E-state index in [1.165, 1.54) is 5.56 Å². The van der Waals surface area contributed by atoms with E-state index in [1.54, 1.807) is 12.1 Å². The fourth-order valence-corrected chi connectivity index (χ4v) is 2.29. The summed E-state index contributed by atoms with van der Waals surface area (Å²) in [6.07, 6.45) is 0.965. The molecule has 72 valence electrons. The molecule has 0 N–H and O–H groups in total. The Bertz CT molecular complexity index is 298. The van der Waals surface area contributed by atoms with Crippen molar-refractivity contribution >= 4 is 56.3 Å². The predicted molar refractivity (Wildman–Crippen MR) is 69.2 cm³/mol. The molecule has 0 radical (unpaired) electrons. The van der Waals surface area contributed by atoms with Crippen LogP contribution in [0, 0.1) is 0 Å². The van der Waals surface area contributed by atoms with Gasteiger partial charge in [-0.3, -0.25) is 4.21 Å². The second kappa shape index (κ2) is 5.62. The first-order valence-electron chi connectivity index (χ1n) is 3.56. The van der Waals surface area contributed by atoms with Crippen molar-refractivity contribution in [2.75, 3.05) is 0 Å². The van der Waals surface area contributed by atoms with Gasteiger partial charge in [-0.25, -0.2) is 0 Å². The summed E-state index contributed by atoms with van der Waals surface area (Å²) in [7, 11) is 0. The summed E-state index contributed by atoms with van der Waals surface area (Å²) in [5.41, 5.74) is 1.17. The second-order valence-electron chi connectivity index (χ2n) is 2.47. The van der Waals surface area contributed by atoms with Crippen LogP contribution in [-0.4, -0.2) is 10.7 Å². The number of halogens is 2. The van der Waals surface area contributed by atoms with E-state index < -0.39 is 11.1 Å². The highest BCUT2D eigenvalue weighted by Gasteiger charge is 2.00. The Kier molecular flexibility index (Phi) is 5.13. The molecule has 1 aromatic carbocycles. The lowest BCUT2D eigenvalue weighted by Gasteiger charge is -2.06. The Morgan fingerprint density at radius 3 is 2.23 bits per heavy atom. The molecule has 1 aromatic rings. The number of hydrogen-bond donors (Lipinski definition) is 0. The SMILES string of the molecule is O=S([O-])c1ccc(CC(I)I)cc1. The van der Waals surface area contributed by atoms with Crippen LogP contribution < -0.4 is 0 Å². The van der Waals surface area contributed by atoms with Crippen LogP contribution in [-0.2, 0) is 17.5 Å². The normalized spacial score (nSPS) is 13.2. The third kappa shape index (κ3) is 4.22.